The van der Waals surface area contributed by atoms with Crippen LogP contribution in [0.2, 0.25) is 0 Å². The first kappa shape index (κ1) is 14.5. The summed E-state index contributed by atoms with van der Waals surface area (Å²) in [5.74, 6) is 1.53. The topological polar surface area (TPSA) is 32.8 Å². The minimum atomic E-state index is -3.08. The van der Waals surface area contributed by atoms with Crippen molar-refractivity contribution in [2.24, 2.45) is 0 Å². The van der Waals surface area contributed by atoms with Gasteiger partial charge >= 0.3 is 7.67 Å². The van der Waals surface area contributed by atoms with E-state index in [4.69, 9.17) is 27.7 Å². The molecule has 0 saturated heterocycles. The first-order valence-corrected chi connectivity index (χ1v) is 9.37. The van der Waals surface area contributed by atoms with Gasteiger partial charge in [-0.3, -0.25) is 4.67 Å². The van der Waals surface area contributed by atoms with Gasteiger partial charge in [-0.05, 0) is 24.5 Å². The van der Waals surface area contributed by atoms with Crippen LogP contribution >= 0.6 is 30.9 Å². The average molecular weight is 335 g/mol. The zero-order valence-electron chi connectivity index (χ0n) is 11.1. The molecule has 0 aromatic heterocycles. The molecule has 2 aliphatic heterocycles. The van der Waals surface area contributed by atoms with E-state index in [2.05, 4.69) is 6.07 Å². The van der Waals surface area contributed by atoms with E-state index in [1.807, 2.05) is 16.8 Å². The van der Waals surface area contributed by atoms with Gasteiger partial charge in [-0.2, -0.15) is 0 Å². The number of para-hydroxylation sites is 1. The summed E-state index contributed by atoms with van der Waals surface area (Å²) in [6.45, 7) is 1.76. The van der Waals surface area contributed by atoms with Gasteiger partial charge in [0.2, 0.25) is 0 Å². The van der Waals surface area contributed by atoms with Gasteiger partial charge in [-0.25, -0.2) is 9.24 Å². The quantitative estimate of drug-likeness (QED) is 0.607. The lowest BCUT2D eigenvalue weighted by Crippen LogP contribution is -2.35. The maximum atomic E-state index is 13.4. The van der Waals surface area contributed by atoms with Crippen molar-refractivity contribution in [1.82, 2.24) is 4.67 Å². The van der Waals surface area contributed by atoms with E-state index in [0.29, 0.717) is 24.8 Å². The monoisotopic (exact) mass is 334 g/mol. The number of hydrogen-bond acceptors (Lipinski definition) is 2. The zero-order valence-corrected chi connectivity index (χ0v) is 13.5. The molecule has 3 rings (SSSR count). The van der Waals surface area contributed by atoms with Crippen LogP contribution in [0, 0.1) is 0 Å². The van der Waals surface area contributed by atoms with E-state index in [1.165, 1.54) is 5.56 Å². The molecule has 0 saturated carbocycles. The van der Waals surface area contributed by atoms with Crippen LogP contribution in [-0.4, -0.2) is 36.1 Å². The highest BCUT2D eigenvalue weighted by Gasteiger charge is 2.48. The summed E-state index contributed by atoms with van der Waals surface area (Å²) >= 11 is 11.7. The highest BCUT2D eigenvalue weighted by Crippen LogP contribution is 2.65. The van der Waals surface area contributed by atoms with Gasteiger partial charge < -0.3 is 4.52 Å². The Morgan fingerprint density at radius 2 is 2.05 bits per heavy atom. The molecule has 1 aromatic rings. The SMILES string of the molecule is O=P1(N(CCCl)CCCl)Oc2cccc3c2N1CCC3. The third-order valence-corrected chi connectivity index (χ3v) is 6.62. The first-order chi connectivity index (χ1) is 9.70. The second-order valence-electron chi connectivity index (χ2n) is 4.90. The maximum Gasteiger partial charge on any atom is 0.422 e. The normalized spacial score (nSPS) is 23.9. The average Bonchev–Trinajstić information content (AvgIpc) is 2.75. The van der Waals surface area contributed by atoms with E-state index >= 15 is 0 Å². The smallest absolute Gasteiger partial charge is 0.416 e. The maximum absolute atomic E-state index is 13.4. The van der Waals surface area contributed by atoms with E-state index in [-0.39, 0.29) is 0 Å². The Bertz CT molecular complexity index is 549. The fourth-order valence-electron chi connectivity index (χ4n) is 2.87. The van der Waals surface area contributed by atoms with E-state index in [0.717, 1.165) is 30.8 Å². The summed E-state index contributed by atoms with van der Waals surface area (Å²) in [4.78, 5) is 0. The van der Waals surface area contributed by atoms with Crippen molar-refractivity contribution in [2.45, 2.75) is 12.8 Å². The van der Waals surface area contributed by atoms with Crippen LogP contribution < -0.4 is 9.19 Å². The van der Waals surface area contributed by atoms with Gasteiger partial charge in [0.05, 0.1) is 5.69 Å². The summed E-state index contributed by atoms with van der Waals surface area (Å²) in [7, 11) is -3.08. The standard InChI is InChI=1S/C13H17Cl2N2O2P/c14-6-9-16(10-7-15)20(18)17-8-2-4-11-3-1-5-12(19-20)13(11)17/h1,3,5H,2,4,6-10H2. The Morgan fingerprint density at radius 1 is 1.30 bits per heavy atom. The molecular weight excluding hydrogens is 318 g/mol. The molecule has 0 amide bonds. The summed E-state index contributed by atoms with van der Waals surface area (Å²) in [5.41, 5.74) is 2.21. The van der Waals surface area contributed by atoms with E-state index < -0.39 is 7.67 Å². The predicted octanol–water partition coefficient (Wildman–Crippen LogP) is 3.72. The lowest BCUT2D eigenvalue weighted by atomic mass is 10.0. The van der Waals surface area contributed by atoms with Crippen LogP contribution in [0.3, 0.4) is 0 Å². The van der Waals surface area contributed by atoms with Crippen molar-refractivity contribution in [3.05, 3.63) is 23.8 Å². The van der Waals surface area contributed by atoms with Crippen molar-refractivity contribution in [3.63, 3.8) is 0 Å². The molecule has 0 bridgehead atoms. The molecule has 2 aliphatic rings. The van der Waals surface area contributed by atoms with Crippen molar-refractivity contribution in [3.8, 4) is 5.75 Å². The van der Waals surface area contributed by atoms with Crippen LogP contribution in [0.15, 0.2) is 18.2 Å². The molecule has 1 atom stereocenters. The zero-order chi connectivity index (χ0) is 14.2. The van der Waals surface area contributed by atoms with Crippen LogP contribution in [-0.2, 0) is 11.0 Å². The molecule has 1 unspecified atom stereocenters. The van der Waals surface area contributed by atoms with Crippen molar-refractivity contribution < 1.29 is 9.09 Å². The molecule has 0 radical (unpaired) electrons. The fraction of sp³-hybridized carbons (Fsp3) is 0.538. The molecule has 0 aliphatic carbocycles. The number of rotatable bonds is 5. The van der Waals surface area contributed by atoms with Gasteiger partial charge in [0.25, 0.3) is 0 Å². The minimum Gasteiger partial charge on any atom is -0.416 e. The number of halogens is 2. The minimum absolute atomic E-state index is 0.404. The lowest BCUT2D eigenvalue weighted by molar-refractivity contribution is 0.378. The highest BCUT2D eigenvalue weighted by atomic mass is 35.5. The fourth-order valence-corrected chi connectivity index (χ4v) is 6.01. The summed E-state index contributed by atoms with van der Waals surface area (Å²) in [6.07, 6.45) is 1.99. The number of alkyl halides is 2. The third kappa shape index (κ3) is 2.23. The Morgan fingerprint density at radius 3 is 2.75 bits per heavy atom. The summed E-state index contributed by atoms with van der Waals surface area (Å²) in [5, 5.41) is 0. The van der Waals surface area contributed by atoms with E-state index in [9.17, 15) is 4.57 Å². The molecule has 0 N–H and O–H groups in total. The summed E-state index contributed by atoms with van der Waals surface area (Å²) < 4.78 is 23.0. The Labute approximate surface area is 129 Å². The lowest BCUT2D eigenvalue weighted by Gasteiger charge is -2.34. The van der Waals surface area contributed by atoms with Crippen LogP contribution in [0.25, 0.3) is 0 Å². The first-order valence-electron chi connectivity index (χ1n) is 6.77. The number of benzene rings is 1. The van der Waals surface area contributed by atoms with Gasteiger partial charge in [-0.1, -0.05) is 12.1 Å². The van der Waals surface area contributed by atoms with Gasteiger partial charge in [0.1, 0.15) is 0 Å². The molecule has 7 heteroatoms. The third-order valence-electron chi connectivity index (χ3n) is 3.72. The van der Waals surface area contributed by atoms with Gasteiger partial charge in [0, 0.05) is 31.4 Å². The van der Waals surface area contributed by atoms with Gasteiger partial charge in [0.15, 0.2) is 5.75 Å². The van der Waals surface area contributed by atoms with Crippen molar-refractivity contribution in [2.75, 3.05) is 36.1 Å². The highest BCUT2D eigenvalue weighted by molar-refractivity contribution is 7.59. The summed E-state index contributed by atoms with van der Waals surface area (Å²) in [6, 6.07) is 5.93. The van der Waals surface area contributed by atoms with Crippen LogP contribution in [0.5, 0.6) is 5.75 Å². The van der Waals surface area contributed by atoms with E-state index in [1.54, 1.807) is 4.67 Å². The Balaban J connectivity index is 2.00. The largest absolute Gasteiger partial charge is 0.422 e. The van der Waals surface area contributed by atoms with Crippen molar-refractivity contribution in [1.29, 1.82) is 0 Å². The molecule has 0 spiro atoms. The number of hydrogen-bond donors (Lipinski definition) is 0. The van der Waals surface area contributed by atoms with Crippen LogP contribution in [0.4, 0.5) is 5.69 Å². The number of nitrogens with zero attached hydrogens (tertiary/aromatic N) is 2. The number of aryl methyl sites for hydroxylation is 1. The molecule has 2 heterocycles. The second-order valence-corrected chi connectivity index (χ2v) is 7.87. The van der Waals surface area contributed by atoms with Crippen LogP contribution in [0.1, 0.15) is 12.0 Å². The predicted molar refractivity (Wildman–Crippen MR) is 83.4 cm³/mol. The molecule has 0 fully saturated rings. The molecule has 1 aromatic carbocycles. The molecular formula is C13H17Cl2N2O2P. The molecule has 110 valence electrons. The Kier molecular flexibility index (Phi) is 4.19. The second kappa shape index (κ2) is 5.76. The number of anilines is 1. The molecule has 4 nitrogen and oxygen atoms in total. The Hall–Kier alpha value is -0.410. The van der Waals surface area contributed by atoms with Gasteiger partial charge in [-0.15, -0.1) is 23.2 Å². The van der Waals surface area contributed by atoms with Crippen molar-refractivity contribution >= 4 is 36.6 Å². The molecule has 20 heavy (non-hydrogen) atoms.